The van der Waals surface area contributed by atoms with Gasteiger partial charge in [0.2, 0.25) is 11.8 Å². The van der Waals surface area contributed by atoms with E-state index in [0.717, 1.165) is 16.8 Å². The summed E-state index contributed by atoms with van der Waals surface area (Å²) in [5.74, 6) is 1.59. The van der Waals surface area contributed by atoms with E-state index in [-0.39, 0.29) is 18.2 Å². The van der Waals surface area contributed by atoms with Gasteiger partial charge in [-0.25, -0.2) is 14.6 Å². The number of hydrogen-bond acceptors (Lipinski definition) is 9. The second-order valence-electron chi connectivity index (χ2n) is 8.21. The lowest BCUT2D eigenvalue weighted by molar-refractivity contribution is -0.126. The largest absolute Gasteiger partial charge is 0.497 e. The van der Waals surface area contributed by atoms with Gasteiger partial charge in [-0.1, -0.05) is 24.8 Å². The minimum Gasteiger partial charge on any atom is -0.497 e. The summed E-state index contributed by atoms with van der Waals surface area (Å²) in [6, 6.07) is 7.29. The van der Waals surface area contributed by atoms with Gasteiger partial charge in [0, 0.05) is 44.9 Å². The Balaban J connectivity index is 1.38. The zero-order chi connectivity index (χ0) is 25.5. The highest BCUT2D eigenvalue weighted by Gasteiger charge is 2.35. The third-order valence-electron chi connectivity index (χ3n) is 5.83. The topological polar surface area (TPSA) is 123 Å². The quantitative estimate of drug-likeness (QED) is 0.213. The van der Waals surface area contributed by atoms with E-state index in [4.69, 9.17) is 9.47 Å². The first kappa shape index (κ1) is 25.7. The van der Waals surface area contributed by atoms with E-state index in [0.29, 0.717) is 55.2 Å². The minimum absolute atomic E-state index is 0.0763. The molecule has 1 atom stereocenters. The number of nitrogens with zero attached hydrogens (tertiary/aromatic N) is 5. The molecule has 0 radical (unpaired) electrons. The molecule has 1 unspecified atom stereocenters. The molecule has 0 saturated carbocycles. The first-order valence-electron chi connectivity index (χ1n) is 11.8. The molecule has 192 valence electrons. The van der Waals surface area contributed by atoms with E-state index in [1.54, 1.807) is 47.8 Å². The van der Waals surface area contributed by atoms with Gasteiger partial charge in [-0.05, 0) is 17.9 Å². The van der Waals surface area contributed by atoms with Crippen LogP contribution in [0, 0.1) is 5.92 Å². The van der Waals surface area contributed by atoms with E-state index in [1.165, 1.54) is 0 Å². The van der Waals surface area contributed by atoms with Crippen LogP contribution >= 0.6 is 11.8 Å². The van der Waals surface area contributed by atoms with Crippen LogP contribution in [0.3, 0.4) is 0 Å². The number of amides is 2. The van der Waals surface area contributed by atoms with E-state index in [9.17, 15) is 9.59 Å². The molecule has 0 aliphatic carbocycles. The number of fused-ring (bicyclic) bond motifs is 1. The molecule has 1 aromatic carbocycles. The highest BCUT2D eigenvalue weighted by molar-refractivity contribution is 7.99. The molecule has 1 fully saturated rings. The molecule has 3 aromatic rings. The van der Waals surface area contributed by atoms with Crippen molar-refractivity contribution in [2.75, 3.05) is 56.4 Å². The summed E-state index contributed by atoms with van der Waals surface area (Å²) in [7, 11) is 3.23. The van der Waals surface area contributed by atoms with Gasteiger partial charge in [-0.3, -0.25) is 9.59 Å². The van der Waals surface area contributed by atoms with Crippen LogP contribution in [0.25, 0.3) is 11.0 Å². The van der Waals surface area contributed by atoms with Crippen molar-refractivity contribution >= 4 is 46.1 Å². The average Bonchev–Trinajstić information content (AvgIpc) is 3.48. The molecule has 1 saturated heterocycles. The Morgan fingerprint density at radius 1 is 1.25 bits per heavy atom. The molecule has 36 heavy (non-hydrogen) atoms. The maximum Gasteiger partial charge on any atom is 0.227 e. The smallest absolute Gasteiger partial charge is 0.227 e. The van der Waals surface area contributed by atoms with Crippen LogP contribution in [0.2, 0.25) is 0 Å². The molecule has 3 heterocycles. The van der Waals surface area contributed by atoms with Gasteiger partial charge in [-0.15, -0.1) is 0 Å². The molecular weight excluding hydrogens is 482 g/mol. The van der Waals surface area contributed by atoms with Crippen LogP contribution in [0.4, 0.5) is 11.5 Å². The highest BCUT2D eigenvalue weighted by atomic mass is 32.2. The molecule has 0 spiro atoms. The summed E-state index contributed by atoms with van der Waals surface area (Å²) in [5.41, 5.74) is 1.43. The number of aromatic nitrogens is 4. The number of carbonyl (C=O) groups excluding carboxylic acids is 2. The molecule has 0 bridgehead atoms. The fraction of sp³-hybridized carbons (Fsp3) is 0.458. The van der Waals surface area contributed by atoms with Crippen molar-refractivity contribution in [3.8, 4) is 5.75 Å². The summed E-state index contributed by atoms with van der Waals surface area (Å²) in [5, 5.41) is 12.2. The normalized spacial score (nSPS) is 15.5. The zero-order valence-corrected chi connectivity index (χ0v) is 21.5. The predicted octanol–water partition coefficient (Wildman–Crippen LogP) is 2.17. The van der Waals surface area contributed by atoms with Crippen LogP contribution in [0.15, 0.2) is 35.6 Å². The maximum atomic E-state index is 12.8. The summed E-state index contributed by atoms with van der Waals surface area (Å²) in [6.07, 6.45) is 1.91. The summed E-state index contributed by atoms with van der Waals surface area (Å²) >= 11 is 1.55. The van der Waals surface area contributed by atoms with Gasteiger partial charge in [0.1, 0.15) is 11.6 Å². The van der Waals surface area contributed by atoms with Gasteiger partial charge in [0.15, 0.2) is 10.8 Å². The number of benzene rings is 1. The van der Waals surface area contributed by atoms with Gasteiger partial charge in [-0.2, -0.15) is 5.10 Å². The molecule has 1 aliphatic heterocycles. The molecule has 2 aromatic heterocycles. The van der Waals surface area contributed by atoms with Crippen LogP contribution in [-0.4, -0.2) is 77.8 Å². The number of nitrogens with one attached hydrogen (secondary N) is 2. The van der Waals surface area contributed by atoms with Crippen molar-refractivity contribution in [1.82, 2.24) is 25.1 Å². The van der Waals surface area contributed by atoms with Crippen molar-refractivity contribution in [2.24, 2.45) is 5.92 Å². The van der Waals surface area contributed by atoms with E-state index < -0.39 is 5.92 Å². The number of methoxy groups -OCH3 is 2. The number of ether oxygens (including phenoxy) is 2. The lowest BCUT2D eigenvalue weighted by atomic mass is 10.1. The lowest BCUT2D eigenvalue weighted by Crippen LogP contribution is -2.35. The van der Waals surface area contributed by atoms with Crippen molar-refractivity contribution in [1.29, 1.82) is 0 Å². The van der Waals surface area contributed by atoms with Crippen molar-refractivity contribution in [3.63, 3.8) is 0 Å². The Morgan fingerprint density at radius 2 is 2.11 bits per heavy atom. The fourth-order valence-electron chi connectivity index (χ4n) is 4.04. The van der Waals surface area contributed by atoms with E-state index in [1.807, 2.05) is 25.1 Å². The number of anilines is 2. The van der Waals surface area contributed by atoms with Crippen molar-refractivity contribution in [2.45, 2.75) is 25.0 Å². The molecule has 11 nitrogen and oxygen atoms in total. The zero-order valence-electron chi connectivity index (χ0n) is 20.7. The second kappa shape index (κ2) is 12.0. The number of thioether (sulfide) groups is 1. The monoisotopic (exact) mass is 513 g/mol. The predicted molar refractivity (Wildman–Crippen MR) is 139 cm³/mol. The number of rotatable bonds is 12. The Hall–Kier alpha value is -3.38. The van der Waals surface area contributed by atoms with E-state index >= 15 is 0 Å². The molecule has 12 heteroatoms. The van der Waals surface area contributed by atoms with Crippen molar-refractivity contribution < 1.29 is 19.1 Å². The van der Waals surface area contributed by atoms with Crippen LogP contribution in [0.5, 0.6) is 5.75 Å². The van der Waals surface area contributed by atoms with Crippen LogP contribution < -0.4 is 20.3 Å². The Kier molecular flexibility index (Phi) is 8.60. The third-order valence-corrected chi connectivity index (χ3v) is 6.56. The summed E-state index contributed by atoms with van der Waals surface area (Å²) in [4.78, 5) is 36.3. The lowest BCUT2D eigenvalue weighted by Gasteiger charge is -2.17. The molecule has 1 aliphatic rings. The third kappa shape index (κ3) is 5.88. The van der Waals surface area contributed by atoms with Crippen LogP contribution in [0.1, 0.15) is 13.3 Å². The highest BCUT2D eigenvalue weighted by Crippen LogP contribution is 2.28. The van der Waals surface area contributed by atoms with Gasteiger partial charge < -0.3 is 25.0 Å². The molecule has 2 N–H and O–H groups in total. The molecular formula is C24H31N7O4S. The Bertz CT molecular complexity index is 1220. The maximum absolute atomic E-state index is 12.8. The summed E-state index contributed by atoms with van der Waals surface area (Å²) < 4.78 is 12.1. The average molecular weight is 514 g/mol. The SMILES string of the molecule is CCSc1nc(NCCOC)c2cnn(CCNC(=O)C3CC(=O)N(c4cccc(OC)c4)C3)c2n1. The first-order chi connectivity index (χ1) is 17.5. The van der Waals surface area contributed by atoms with E-state index in [2.05, 4.69) is 25.7 Å². The number of hydrogen-bond donors (Lipinski definition) is 2. The second-order valence-corrected chi connectivity index (χ2v) is 9.44. The molecule has 2 amide bonds. The Labute approximate surface area is 213 Å². The summed E-state index contributed by atoms with van der Waals surface area (Å²) in [6.45, 7) is 4.37. The van der Waals surface area contributed by atoms with Crippen molar-refractivity contribution in [3.05, 3.63) is 30.5 Å². The number of carbonyl (C=O) groups is 2. The van der Waals surface area contributed by atoms with Gasteiger partial charge >= 0.3 is 0 Å². The van der Waals surface area contributed by atoms with Gasteiger partial charge in [0.05, 0.1) is 37.8 Å². The minimum atomic E-state index is -0.412. The van der Waals surface area contributed by atoms with Gasteiger partial charge in [0.25, 0.3) is 0 Å². The first-order valence-corrected chi connectivity index (χ1v) is 12.8. The van der Waals surface area contributed by atoms with Crippen LogP contribution in [-0.2, 0) is 20.9 Å². The Morgan fingerprint density at radius 3 is 2.89 bits per heavy atom. The molecule has 4 rings (SSSR count). The fourth-order valence-corrected chi connectivity index (χ4v) is 4.60. The standard InChI is InChI=1S/C24H31N7O4S/c1-4-36-24-28-21(25-9-11-34-2)19-14-27-31(22(19)29-24)10-8-26-23(33)16-12-20(32)30(15-16)17-6-5-7-18(13-17)35-3/h5-7,13-14,16H,4,8-12,15H2,1-3H3,(H,26,33)(H,25,28,29).